The Bertz CT molecular complexity index is 481. The van der Waals surface area contributed by atoms with Crippen molar-refractivity contribution in [3.05, 3.63) is 35.4 Å². The highest BCUT2D eigenvalue weighted by Crippen LogP contribution is 2.21. The smallest absolute Gasteiger partial charge is 0.175 e. The van der Waals surface area contributed by atoms with Gasteiger partial charge in [-0.15, -0.1) is 0 Å². The Morgan fingerprint density at radius 3 is 2.59 bits per heavy atom. The van der Waals surface area contributed by atoms with E-state index in [9.17, 15) is 4.79 Å². The molecule has 0 aliphatic heterocycles. The number of rotatable bonds is 4. The van der Waals surface area contributed by atoms with Crippen LogP contribution < -0.4 is 4.74 Å². The van der Waals surface area contributed by atoms with E-state index in [4.69, 9.17) is 10.00 Å². The van der Waals surface area contributed by atoms with E-state index in [-0.39, 0.29) is 17.3 Å². The maximum absolute atomic E-state index is 11.7. The van der Waals surface area contributed by atoms with Crippen LogP contribution in [-0.2, 0) is 4.79 Å². The molecule has 0 atom stereocenters. The number of methoxy groups -OCH3 is 1. The van der Waals surface area contributed by atoms with E-state index >= 15 is 0 Å². The lowest BCUT2D eigenvalue weighted by molar-refractivity contribution is -0.117. The lowest BCUT2D eigenvalue weighted by Crippen LogP contribution is -2.08. The molecule has 0 aromatic heterocycles. The largest absolute Gasteiger partial charge is 0.496 e. The Hall–Kier alpha value is -2.08. The highest BCUT2D eigenvalue weighted by Gasteiger charge is 2.13. The molecule has 0 amide bonds. The number of ketones is 1. The zero-order valence-electron chi connectivity index (χ0n) is 10.2. The summed E-state index contributed by atoms with van der Waals surface area (Å²) >= 11 is 0. The van der Waals surface area contributed by atoms with E-state index in [0.717, 1.165) is 5.56 Å². The molecular weight excluding hydrogens is 214 g/mol. The molecule has 17 heavy (non-hydrogen) atoms. The van der Waals surface area contributed by atoms with Crippen LogP contribution >= 0.6 is 0 Å². The van der Waals surface area contributed by atoms with Gasteiger partial charge in [0.2, 0.25) is 0 Å². The number of carbonyl (C=O) groups excluding carboxylic acids is 1. The van der Waals surface area contributed by atoms with Gasteiger partial charge < -0.3 is 4.74 Å². The summed E-state index contributed by atoms with van der Waals surface area (Å²) in [6, 6.07) is 9.22. The minimum absolute atomic E-state index is 0.154. The van der Waals surface area contributed by atoms with Crippen LogP contribution in [0.1, 0.15) is 19.4 Å². The molecule has 88 valence electrons. The molecule has 0 saturated heterocycles. The summed E-state index contributed by atoms with van der Waals surface area (Å²) in [6.45, 7) is 3.55. The molecule has 0 aliphatic rings. The predicted molar refractivity (Wildman–Crippen MR) is 66.4 cm³/mol. The van der Waals surface area contributed by atoms with Gasteiger partial charge in [-0.2, -0.15) is 5.26 Å². The Morgan fingerprint density at radius 2 is 2.06 bits per heavy atom. The molecule has 1 aromatic rings. The van der Waals surface area contributed by atoms with Crippen LogP contribution in [0.25, 0.3) is 6.08 Å². The van der Waals surface area contributed by atoms with Gasteiger partial charge in [0.05, 0.1) is 12.7 Å². The summed E-state index contributed by atoms with van der Waals surface area (Å²) in [4.78, 5) is 11.7. The zero-order chi connectivity index (χ0) is 12.8. The van der Waals surface area contributed by atoms with Gasteiger partial charge in [-0.05, 0) is 12.1 Å². The third kappa shape index (κ3) is 3.18. The molecule has 0 heterocycles. The molecule has 0 fully saturated rings. The topological polar surface area (TPSA) is 50.1 Å². The van der Waals surface area contributed by atoms with Gasteiger partial charge in [-0.3, -0.25) is 4.79 Å². The quantitative estimate of drug-likeness (QED) is 0.589. The van der Waals surface area contributed by atoms with Crippen LogP contribution in [0.5, 0.6) is 5.75 Å². The van der Waals surface area contributed by atoms with Crippen LogP contribution in [0.2, 0.25) is 0 Å². The molecule has 0 radical (unpaired) electrons. The SMILES string of the molecule is COc1ccccc1C=C(C#N)C(=O)C(C)C. The number of benzene rings is 1. The Balaban J connectivity index is 3.16. The van der Waals surface area contributed by atoms with Crippen molar-refractivity contribution in [1.29, 1.82) is 5.26 Å². The van der Waals surface area contributed by atoms with Crippen molar-refractivity contribution in [3.63, 3.8) is 0 Å². The zero-order valence-corrected chi connectivity index (χ0v) is 10.2. The number of hydrogen-bond acceptors (Lipinski definition) is 3. The Labute approximate surface area is 101 Å². The van der Waals surface area contributed by atoms with E-state index in [0.29, 0.717) is 5.75 Å². The number of ether oxygens (including phenoxy) is 1. The van der Waals surface area contributed by atoms with Gasteiger partial charge in [0.25, 0.3) is 0 Å². The van der Waals surface area contributed by atoms with Gasteiger partial charge in [-0.1, -0.05) is 32.0 Å². The number of para-hydroxylation sites is 1. The first-order valence-electron chi connectivity index (χ1n) is 5.39. The summed E-state index contributed by atoms with van der Waals surface area (Å²) in [5, 5.41) is 8.99. The Kier molecular flexibility index (Phi) is 4.47. The molecule has 3 heteroatoms. The standard InChI is InChI=1S/C14H15NO2/c1-10(2)14(16)12(9-15)8-11-6-4-5-7-13(11)17-3/h4-8,10H,1-3H3. The van der Waals surface area contributed by atoms with Gasteiger partial charge in [0.15, 0.2) is 5.78 Å². The maximum atomic E-state index is 11.7. The molecule has 0 saturated carbocycles. The molecule has 1 aromatic carbocycles. The minimum Gasteiger partial charge on any atom is -0.496 e. The van der Waals surface area contributed by atoms with E-state index in [1.165, 1.54) is 0 Å². The van der Waals surface area contributed by atoms with Crippen LogP contribution in [0.4, 0.5) is 0 Å². The minimum atomic E-state index is -0.185. The van der Waals surface area contributed by atoms with Crippen molar-refractivity contribution in [3.8, 4) is 11.8 Å². The van der Waals surface area contributed by atoms with E-state index < -0.39 is 0 Å². The molecule has 0 unspecified atom stereocenters. The van der Waals surface area contributed by atoms with Crippen molar-refractivity contribution >= 4 is 11.9 Å². The molecule has 1 rings (SSSR count). The van der Waals surface area contributed by atoms with Crippen molar-refractivity contribution in [1.82, 2.24) is 0 Å². The van der Waals surface area contributed by atoms with Crippen LogP contribution in [0, 0.1) is 17.2 Å². The molecule has 0 N–H and O–H groups in total. The van der Waals surface area contributed by atoms with Gasteiger partial charge in [-0.25, -0.2) is 0 Å². The molecule has 0 spiro atoms. The number of carbonyl (C=O) groups is 1. The normalized spacial score (nSPS) is 11.1. The molecule has 0 bridgehead atoms. The summed E-state index contributed by atoms with van der Waals surface area (Å²) in [5.74, 6) is 0.311. The number of nitrogens with zero attached hydrogens (tertiary/aromatic N) is 1. The fourth-order valence-corrected chi connectivity index (χ4v) is 1.41. The second kappa shape index (κ2) is 5.86. The van der Waals surface area contributed by atoms with Gasteiger partial charge in [0.1, 0.15) is 11.8 Å². The second-order valence-corrected chi connectivity index (χ2v) is 3.93. The van der Waals surface area contributed by atoms with Crippen molar-refractivity contribution in [2.75, 3.05) is 7.11 Å². The van der Waals surface area contributed by atoms with Gasteiger partial charge >= 0.3 is 0 Å². The highest BCUT2D eigenvalue weighted by atomic mass is 16.5. The number of Topliss-reactive ketones (excluding diaryl/α,β-unsaturated/α-hetero) is 1. The van der Waals surface area contributed by atoms with Crippen molar-refractivity contribution in [2.24, 2.45) is 5.92 Å². The second-order valence-electron chi connectivity index (χ2n) is 3.93. The van der Waals surface area contributed by atoms with E-state index in [1.54, 1.807) is 33.1 Å². The average Bonchev–Trinajstić information content (AvgIpc) is 2.35. The average molecular weight is 229 g/mol. The fourth-order valence-electron chi connectivity index (χ4n) is 1.41. The first-order valence-corrected chi connectivity index (χ1v) is 5.39. The molecule has 3 nitrogen and oxygen atoms in total. The van der Waals surface area contributed by atoms with Crippen LogP contribution in [0.3, 0.4) is 0 Å². The number of nitriles is 1. The highest BCUT2D eigenvalue weighted by molar-refractivity contribution is 6.04. The number of hydrogen-bond donors (Lipinski definition) is 0. The molecule has 0 aliphatic carbocycles. The van der Waals surface area contributed by atoms with E-state index in [1.807, 2.05) is 24.3 Å². The summed E-state index contributed by atoms with van der Waals surface area (Å²) < 4.78 is 5.17. The van der Waals surface area contributed by atoms with Crippen LogP contribution in [0.15, 0.2) is 29.8 Å². The lowest BCUT2D eigenvalue weighted by Gasteiger charge is -2.05. The lowest BCUT2D eigenvalue weighted by atomic mass is 10.00. The number of allylic oxidation sites excluding steroid dienone is 1. The third-order valence-corrected chi connectivity index (χ3v) is 2.35. The predicted octanol–water partition coefficient (Wildman–Crippen LogP) is 2.83. The monoisotopic (exact) mass is 229 g/mol. The third-order valence-electron chi connectivity index (χ3n) is 2.35. The van der Waals surface area contributed by atoms with Crippen molar-refractivity contribution < 1.29 is 9.53 Å². The fraction of sp³-hybridized carbons (Fsp3) is 0.286. The maximum Gasteiger partial charge on any atom is 0.175 e. The van der Waals surface area contributed by atoms with Gasteiger partial charge in [0, 0.05) is 11.5 Å². The first kappa shape index (κ1) is 13.0. The first-order chi connectivity index (χ1) is 8.10. The molecular formula is C14H15NO2. The van der Waals surface area contributed by atoms with E-state index in [2.05, 4.69) is 0 Å². The van der Waals surface area contributed by atoms with Crippen molar-refractivity contribution in [2.45, 2.75) is 13.8 Å². The summed E-state index contributed by atoms with van der Waals surface area (Å²) in [5.41, 5.74) is 0.894. The Morgan fingerprint density at radius 1 is 1.41 bits per heavy atom. The van der Waals surface area contributed by atoms with Crippen LogP contribution in [-0.4, -0.2) is 12.9 Å². The summed E-state index contributed by atoms with van der Waals surface area (Å²) in [7, 11) is 1.56. The summed E-state index contributed by atoms with van der Waals surface area (Å²) in [6.07, 6.45) is 1.57.